The second kappa shape index (κ2) is 17.5. The molecule has 0 aromatic heterocycles. The van der Waals surface area contributed by atoms with Crippen molar-refractivity contribution < 1.29 is 0 Å². The number of anilines is 8. The van der Waals surface area contributed by atoms with Gasteiger partial charge in [0.05, 0.1) is 5.69 Å². The van der Waals surface area contributed by atoms with Crippen LogP contribution < -0.4 is 25.5 Å². The van der Waals surface area contributed by atoms with Gasteiger partial charge in [0.15, 0.2) is 0 Å². The molecule has 336 valence electrons. The summed E-state index contributed by atoms with van der Waals surface area (Å²) in [4.78, 5) is 7.69. The predicted molar refractivity (Wildman–Crippen MR) is 295 cm³/mol. The number of rotatable bonds is 12. The van der Waals surface area contributed by atoms with Gasteiger partial charge in [-0.15, -0.1) is 0 Å². The minimum atomic E-state index is -0.171. The lowest BCUT2D eigenvalue weighted by Crippen LogP contribution is -2.61. The van der Waals surface area contributed by atoms with Crippen molar-refractivity contribution in [3.8, 4) is 33.4 Å². The molecule has 0 radical (unpaired) electrons. The zero-order valence-corrected chi connectivity index (χ0v) is 40.3. The first-order chi connectivity index (χ1) is 33.9. The molecule has 0 saturated heterocycles. The van der Waals surface area contributed by atoms with Crippen molar-refractivity contribution in [1.29, 1.82) is 0 Å². The summed E-state index contributed by atoms with van der Waals surface area (Å²) in [6.07, 6.45) is 6.87. The van der Waals surface area contributed by atoms with Gasteiger partial charge in [0, 0.05) is 56.4 Å². The summed E-state index contributed by atoms with van der Waals surface area (Å²) in [5.41, 5.74) is 25.1. The Bertz CT molecular complexity index is 3340. The molecule has 0 spiro atoms. The molecule has 2 heterocycles. The Hall–Kier alpha value is -7.56. The van der Waals surface area contributed by atoms with Crippen LogP contribution in [0.1, 0.15) is 75.6 Å². The van der Waals surface area contributed by atoms with Crippen LogP contribution in [-0.2, 0) is 18.3 Å². The van der Waals surface area contributed by atoms with Crippen LogP contribution in [-0.4, -0.2) is 6.85 Å². The Morgan fingerprint density at radius 1 is 0.435 bits per heavy atom. The highest BCUT2D eigenvalue weighted by atomic mass is 15.2. The third-order valence-corrected chi connectivity index (χ3v) is 15.2. The Morgan fingerprint density at radius 3 is 1.81 bits per heavy atom. The van der Waals surface area contributed by atoms with Crippen molar-refractivity contribution in [2.24, 2.45) is 0 Å². The SMILES string of the molecule is CCCCc1ccc(N(c2ccccc2)c2ccc3c(c2)-c2cccc4c2B(c2cc5c(cc2N4c2ccc(CCCC)cc2-c2ccccc2)-c2ccccc2C5(C)C)N3c2ccccc2)cc1. The van der Waals surface area contributed by atoms with Gasteiger partial charge in [0.1, 0.15) is 0 Å². The number of para-hydroxylation sites is 2. The molecule has 0 fully saturated rings. The molecule has 9 aromatic carbocycles. The van der Waals surface area contributed by atoms with E-state index in [4.69, 9.17) is 0 Å². The van der Waals surface area contributed by atoms with Crippen LogP contribution in [0.5, 0.6) is 0 Å². The molecule has 9 aromatic rings. The van der Waals surface area contributed by atoms with E-state index in [0.717, 1.165) is 42.7 Å². The van der Waals surface area contributed by atoms with E-state index in [9.17, 15) is 0 Å². The van der Waals surface area contributed by atoms with Crippen molar-refractivity contribution in [2.45, 2.75) is 71.6 Å². The first-order valence-electron chi connectivity index (χ1n) is 25.3. The summed E-state index contributed by atoms with van der Waals surface area (Å²) in [7, 11) is 0. The van der Waals surface area contributed by atoms with Gasteiger partial charge >= 0.3 is 6.85 Å². The maximum atomic E-state index is 2.64. The number of fused-ring (bicyclic) bond motifs is 7. The fourth-order valence-corrected chi connectivity index (χ4v) is 11.7. The number of nitrogens with zero attached hydrogens (tertiary/aromatic N) is 3. The van der Waals surface area contributed by atoms with E-state index in [1.54, 1.807) is 0 Å². The summed E-state index contributed by atoms with van der Waals surface area (Å²) >= 11 is 0. The van der Waals surface area contributed by atoms with Crippen molar-refractivity contribution in [3.05, 3.63) is 229 Å². The van der Waals surface area contributed by atoms with Crippen LogP contribution in [0.15, 0.2) is 206 Å². The normalized spacial score (nSPS) is 13.6. The summed E-state index contributed by atoms with van der Waals surface area (Å²) in [6, 6.07) is 78.0. The van der Waals surface area contributed by atoms with Crippen LogP contribution >= 0.6 is 0 Å². The topological polar surface area (TPSA) is 9.72 Å². The smallest absolute Gasteiger partial charge is 0.333 e. The Kier molecular flexibility index (Phi) is 10.9. The van der Waals surface area contributed by atoms with Crippen molar-refractivity contribution >= 4 is 63.3 Å². The molecular weight excluding hydrogens is 834 g/mol. The first-order valence-corrected chi connectivity index (χ1v) is 25.3. The highest BCUT2D eigenvalue weighted by molar-refractivity contribution is 6.93. The molecule has 69 heavy (non-hydrogen) atoms. The lowest BCUT2D eigenvalue weighted by atomic mass is 9.43. The zero-order chi connectivity index (χ0) is 46.6. The Labute approximate surface area is 409 Å². The van der Waals surface area contributed by atoms with Crippen LogP contribution in [0.3, 0.4) is 0 Å². The molecule has 2 aliphatic heterocycles. The van der Waals surface area contributed by atoms with Gasteiger partial charge in [-0.3, -0.25) is 0 Å². The second-order valence-electron chi connectivity index (χ2n) is 19.8. The van der Waals surface area contributed by atoms with Crippen LogP contribution in [0.4, 0.5) is 45.5 Å². The molecule has 0 saturated carbocycles. The average molecular weight is 892 g/mol. The molecule has 0 amide bonds. The van der Waals surface area contributed by atoms with E-state index in [-0.39, 0.29) is 12.3 Å². The van der Waals surface area contributed by atoms with Crippen LogP contribution in [0.25, 0.3) is 33.4 Å². The third-order valence-electron chi connectivity index (χ3n) is 15.2. The molecule has 3 aliphatic rings. The lowest BCUT2D eigenvalue weighted by molar-refractivity contribution is 0.661. The van der Waals surface area contributed by atoms with E-state index >= 15 is 0 Å². The van der Waals surface area contributed by atoms with Gasteiger partial charge in [0.2, 0.25) is 0 Å². The number of hydrogen-bond donors (Lipinski definition) is 0. The lowest BCUT2D eigenvalue weighted by Gasteiger charge is -2.46. The van der Waals surface area contributed by atoms with Gasteiger partial charge in [-0.05, 0) is 160 Å². The monoisotopic (exact) mass is 891 g/mol. The molecule has 0 unspecified atom stereocenters. The van der Waals surface area contributed by atoms with E-state index in [1.165, 1.54) is 108 Å². The van der Waals surface area contributed by atoms with Crippen LogP contribution in [0.2, 0.25) is 0 Å². The molecule has 0 N–H and O–H groups in total. The van der Waals surface area contributed by atoms with Crippen molar-refractivity contribution in [1.82, 2.24) is 0 Å². The standard InChI is InChI=1S/C65H58BN3/c1-5-7-21-45-33-36-49(37-34-45)67(48-25-14-10-15-26-48)51-38-40-61-56(42-51)53-30-20-32-62-64(53)66(69(61)50-27-16-11-17-28-50)59-44-58-55(52-29-18-19-31-57(52)65(58,3)4)43-63(59)68(62)60-39-35-46(22-8-6-2)41-54(60)47-23-12-9-13-24-47/h9-20,23-44H,5-8,21-22H2,1-4H3. The van der Waals surface area contributed by atoms with E-state index in [1.807, 2.05) is 0 Å². The average Bonchev–Trinajstić information content (AvgIpc) is 3.62. The van der Waals surface area contributed by atoms with Gasteiger partial charge < -0.3 is 14.6 Å². The summed E-state index contributed by atoms with van der Waals surface area (Å²) < 4.78 is 0. The van der Waals surface area contributed by atoms with Gasteiger partial charge in [-0.25, -0.2) is 0 Å². The largest absolute Gasteiger partial charge is 0.376 e. The van der Waals surface area contributed by atoms with E-state index in [2.05, 4.69) is 249 Å². The first kappa shape index (κ1) is 42.8. The van der Waals surface area contributed by atoms with Gasteiger partial charge in [-0.2, -0.15) is 0 Å². The maximum Gasteiger partial charge on any atom is 0.333 e. The third kappa shape index (κ3) is 7.19. The van der Waals surface area contributed by atoms with E-state index in [0.29, 0.717) is 0 Å². The van der Waals surface area contributed by atoms with Crippen LogP contribution in [0, 0.1) is 0 Å². The molecule has 0 bridgehead atoms. The molecular formula is C65H58BN3. The van der Waals surface area contributed by atoms with Gasteiger partial charge in [-0.1, -0.05) is 168 Å². The van der Waals surface area contributed by atoms with Gasteiger partial charge in [0.25, 0.3) is 0 Å². The molecule has 4 heteroatoms. The van der Waals surface area contributed by atoms with E-state index < -0.39 is 0 Å². The summed E-state index contributed by atoms with van der Waals surface area (Å²) in [5.74, 6) is 0. The van der Waals surface area contributed by atoms with Crippen molar-refractivity contribution in [3.63, 3.8) is 0 Å². The number of unbranched alkanes of at least 4 members (excludes halogenated alkanes) is 2. The maximum absolute atomic E-state index is 2.64. The Balaban J connectivity index is 1.13. The van der Waals surface area contributed by atoms with Crippen molar-refractivity contribution in [2.75, 3.05) is 14.6 Å². The molecule has 1 aliphatic carbocycles. The number of hydrogen-bond acceptors (Lipinski definition) is 3. The Morgan fingerprint density at radius 2 is 1.06 bits per heavy atom. The quantitative estimate of drug-likeness (QED) is 0.113. The fourth-order valence-electron chi connectivity index (χ4n) is 11.7. The summed E-state index contributed by atoms with van der Waals surface area (Å²) in [6.45, 7) is 9.28. The highest BCUT2D eigenvalue weighted by Gasteiger charge is 2.47. The number of benzene rings is 9. The minimum Gasteiger partial charge on any atom is -0.376 e. The summed E-state index contributed by atoms with van der Waals surface area (Å²) in [5, 5.41) is 0. The molecule has 12 rings (SSSR count). The number of aryl methyl sites for hydroxylation is 2. The molecule has 3 nitrogen and oxygen atoms in total. The highest BCUT2D eigenvalue weighted by Crippen LogP contribution is 2.54. The zero-order valence-electron chi connectivity index (χ0n) is 40.3. The fraction of sp³-hybridized carbons (Fsp3) is 0.169. The molecule has 0 atom stereocenters. The second-order valence-corrected chi connectivity index (χ2v) is 19.8. The predicted octanol–water partition coefficient (Wildman–Crippen LogP) is 16.5. The minimum absolute atomic E-state index is 0.0992.